The lowest BCUT2D eigenvalue weighted by molar-refractivity contribution is 0.334. The van der Waals surface area contributed by atoms with Gasteiger partial charge >= 0.3 is 0 Å². The molecule has 0 aromatic heterocycles. The van der Waals surface area contributed by atoms with Crippen molar-refractivity contribution in [3.05, 3.63) is 32.2 Å². The second-order valence-corrected chi connectivity index (χ2v) is 6.56. The highest BCUT2D eigenvalue weighted by Crippen LogP contribution is 2.57. The van der Waals surface area contributed by atoms with Gasteiger partial charge in [0.25, 0.3) is 0 Å². The molecule has 0 amide bonds. The standard InChI is InChI=1S/C16H14Br2O4/c1-3-7-12(19)13(20)8(4-2)15-14(7)21-10-6-5-9(17)11(18)16(10)22-15/h5-6,19-20H,3-4H2,1-2H3. The highest BCUT2D eigenvalue weighted by molar-refractivity contribution is 9.13. The molecular weight excluding hydrogens is 416 g/mol. The van der Waals surface area contributed by atoms with E-state index < -0.39 is 0 Å². The van der Waals surface area contributed by atoms with E-state index in [2.05, 4.69) is 31.9 Å². The van der Waals surface area contributed by atoms with Crippen LogP contribution in [0.15, 0.2) is 21.1 Å². The van der Waals surface area contributed by atoms with Crippen molar-refractivity contribution in [3.8, 4) is 34.5 Å². The van der Waals surface area contributed by atoms with Gasteiger partial charge in [0.15, 0.2) is 34.5 Å². The summed E-state index contributed by atoms with van der Waals surface area (Å²) in [6, 6.07) is 3.64. The third-order valence-corrected chi connectivity index (χ3v) is 5.67. The lowest BCUT2D eigenvalue weighted by Gasteiger charge is -2.26. The lowest BCUT2D eigenvalue weighted by Crippen LogP contribution is -2.06. The third-order valence-electron chi connectivity index (χ3n) is 3.69. The summed E-state index contributed by atoms with van der Waals surface area (Å²) >= 11 is 6.90. The number of benzene rings is 2. The van der Waals surface area contributed by atoms with Gasteiger partial charge in [-0.2, -0.15) is 0 Å². The molecule has 0 fully saturated rings. The van der Waals surface area contributed by atoms with Gasteiger partial charge in [0, 0.05) is 15.6 Å². The van der Waals surface area contributed by atoms with Gasteiger partial charge in [0.2, 0.25) is 0 Å². The fourth-order valence-corrected chi connectivity index (χ4v) is 3.27. The lowest BCUT2D eigenvalue weighted by atomic mass is 10.0. The quantitative estimate of drug-likeness (QED) is 0.517. The van der Waals surface area contributed by atoms with Crippen molar-refractivity contribution in [2.75, 3.05) is 0 Å². The van der Waals surface area contributed by atoms with Gasteiger partial charge in [-0.05, 0) is 56.8 Å². The second-order valence-electron chi connectivity index (χ2n) is 4.91. The number of phenolic OH excluding ortho intramolecular Hbond substituents is 2. The zero-order valence-electron chi connectivity index (χ0n) is 12.0. The van der Waals surface area contributed by atoms with Gasteiger partial charge in [-0.15, -0.1) is 0 Å². The largest absolute Gasteiger partial charge is 0.504 e. The number of hydrogen-bond donors (Lipinski definition) is 2. The number of aromatic hydroxyl groups is 2. The number of phenols is 2. The number of hydrogen-bond acceptors (Lipinski definition) is 4. The van der Waals surface area contributed by atoms with Gasteiger partial charge in [-0.3, -0.25) is 0 Å². The van der Waals surface area contributed by atoms with Crippen molar-refractivity contribution in [1.29, 1.82) is 0 Å². The first-order valence-electron chi connectivity index (χ1n) is 6.92. The van der Waals surface area contributed by atoms with Crippen LogP contribution in [0, 0.1) is 0 Å². The summed E-state index contributed by atoms with van der Waals surface area (Å²) in [5, 5.41) is 20.4. The Hall–Kier alpha value is -1.40. The van der Waals surface area contributed by atoms with Crippen molar-refractivity contribution in [2.45, 2.75) is 26.7 Å². The number of rotatable bonds is 2. The molecule has 0 spiro atoms. The van der Waals surface area contributed by atoms with Crippen LogP contribution in [-0.2, 0) is 12.8 Å². The van der Waals surface area contributed by atoms with Crippen molar-refractivity contribution in [3.63, 3.8) is 0 Å². The van der Waals surface area contributed by atoms with Crippen molar-refractivity contribution in [1.82, 2.24) is 0 Å². The molecule has 3 rings (SSSR count). The Morgan fingerprint density at radius 1 is 0.864 bits per heavy atom. The molecule has 22 heavy (non-hydrogen) atoms. The van der Waals surface area contributed by atoms with Crippen LogP contribution in [0.3, 0.4) is 0 Å². The minimum atomic E-state index is -0.142. The molecule has 116 valence electrons. The average molecular weight is 430 g/mol. The molecule has 1 aliphatic rings. The highest BCUT2D eigenvalue weighted by Gasteiger charge is 2.31. The average Bonchev–Trinajstić information content (AvgIpc) is 2.52. The monoisotopic (exact) mass is 428 g/mol. The van der Waals surface area contributed by atoms with Gasteiger partial charge in [0.05, 0.1) is 4.47 Å². The van der Waals surface area contributed by atoms with Crippen molar-refractivity contribution < 1.29 is 19.7 Å². The van der Waals surface area contributed by atoms with Crippen LogP contribution in [0.1, 0.15) is 25.0 Å². The maximum atomic E-state index is 10.2. The summed E-state index contributed by atoms with van der Waals surface area (Å²) in [7, 11) is 0. The van der Waals surface area contributed by atoms with Gasteiger partial charge in [0.1, 0.15) is 0 Å². The predicted octanol–water partition coefficient (Wildman–Crippen LogP) is 5.65. The van der Waals surface area contributed by atoms with E-state index in [1.165, 1.54) is 0 Å². The van der Waals surface area contributed by atoms with E-state index in [0.29, 0.717) is 47.0 Å². The minimum absolute atomic E-state index is 0.138. The Balaban J connectivity index is 2.28. The van der Waals surface area contributed by atoms with Crippen LogP contribution in [0.5, 0.6) is 34.5 Å². The Morgan fingerprint density at radius 2 is 1.41 bits per heavy atom. The first-order valence-corrected chi connectivity index (χ1v) is 8.51. The molecule has 0 aliphatic carbocycles. The molecule has 4 nitrogen and oxygen atoms in total. The Labute approximate surface area is 144 Å². The maximum Gasteiger partial charge on any atom is 0.185 e. The molecule has 2 aromatic rings. The Morgan fingerprint density at radius 3 is 1.95 bits per heavy atom. The molecule has 0 unspecified atom stereocenters. The van der Waals surface area contributed by atoms with E-state index in [1.807, 2.05) is 19.9 Å². The van der Waals surface area contributed by atoms with E-state index in [1.54, 1.807) is 6.07 Å². The van der Waals surface area contributed by atoms with Gasteiger partial charge in [-0.25, -0.2) is 0 Å². The van der Waals surface area contributed by atoms with Crippen LogP contribution >= 0.6 is 31.9 Å². The maximum absolute atomic E-state index is 10.2. The van der Waals surface area contributed by atoms with E-state index in [0.717, 1.165) is 8.95 Å². The van der Waals surface area contributed by atoms with Crippen molar-refractivity contribution >= 4 is 31.9 Å². The molecule has 2 aromatic carbocycles. The molecule has 0 saturated carbocycles. The van der Waals surface area contributed by atoms with Crippen LogP contribution in [0.4, 0.5) is 0 Å². The summed E-state index contributed by atoms with van der Waals surface area (Å²) in [6.07, 6.45) is 1.03. The van der Waals surface area contributed by atoms with Crippen LogP contribution in [-0.4, -0.2) is 10.2 Å². The number of halogens is 2. The molecular formula is C16H14Br2O4. The van der Waals surface area contributed by atoms with Crippen LogP contribution < -0.4 is 9.47 Å². The molecule has 0 bridgehead atoms. The van der Waals surface area contributed by atoms with Crippen LogP contribution in [0.25, 0.3) is 0 Å². The van der Waals surface area contributed by atoms with E-state index >= 15 is 0 Å². The minimum Gasteiger partial charge on any atom is -0.504 e. The van der Waals surface area contributed by atoms with Gasteiger partial charge in [-0.1, -0.05) is 13.8 Å². The topological polar surface area (TPSA) is 58.9 Å². The SMILES string of the molecule is CCc1c(O)c(O)c(CC)c2c1Oc1ccc(Br)c(Br)c1O2. The normalized spacial score (nSPS) is 12.2. The van der Waals surface area contributed by atoms with E-state index in [-0.39, 0.29) is 11.5 Å². The fourth-order valence-electron chi connectivity index (χ4n) is 2.55. The summed E-state index contributed by atoms with van der Waals surface area (Å²) in [4.78, 5) is 0. The second kappa shape index (κ2) is 5.66. The zero-order chi connectivity index (χ0) is 16.0. The fraction of sp³-hybridized carbons (Fsp3) is 0.250. The summed E-state index contributed by atoms with van der Waals surface area (Å²) < 4.78 is 13.6. The van der Waals surface area contributed by atoms with Crippen LogP contribution in [0.2, 0.25) is 0 Å². The summed E-state index contributed by atoms with van der Waals surface area (Å²) in [6.45, 7) is 3.77. The summed E-state index contributed by atoms with van der Waals surface area (Å²) in [5.41, 5.74) is 1.07. The first kappa shape index (κ1) is 15.5. The first-order chi connectivity index (χ1) is 10.5. The Kier molecular flexibility index (Phi) is 3.99. The highest BCUT2D eigenvalue weighted by atomic mass is 79.9. The molecule has 6 heteroatoms. The molecule has 0 radical (unpaired) electrons. The third kappa shape index (κ3) is 2.16. The number of fused-ring (bicyclic) bond motifs is 2. The molecule has 0 saturated heterocycles. The Bertz CT molecular complexity index is 772. The number of ether oxygens (including phenoxy) is 2. The zero-order valence-corrected chi connectivity index (χ0v) is 15.2. The van der Waals surface area contributed by atoms with Crippen molar-refractivity contribution in [2.24, 2.45) is 0 Å². The predicted molar refractivity (Wildman–Crippen MR) is 90.5 cm³/mol. The molecule has 1 heterocycles. The van der Waals surface area contributed by atoms with Gasteiger partial charge < -0.3 is 19.7 Å². The molecule has 2 N–H and O–H groups in total. The summed E-state index contributed by atoms with van der Waals surface area (Å²) in [5.74, 6) is 1.75. The van der Waals surface area contributed by atoms with E-state index in [9.17, 15) is 10.2 Å². The van der Waals surface area contributed by atoms with E-state index in [4.69, 9.17) is 9.47 Å². The smallest absolute Gasteiger partial charge is 0.185 e. The molecule has 0 atom stereocenters. The molecule has 1 aliphatic heterocycles.